The molecule has 0 N–H and O–H groups in total. The maximum atomic E-state index is 12.4. The van der Waals surface area contributed by atoms with E-state index in [2.05, 4.69) is 25.8 Å². The van der Waals surface area contributed by atoms with E-state index < -0.39 is 0 Å². The standard InChI is InChI=1S/C20H34N2O3/c1-16(2)15-25-13-12-24-11-7-8-17(3)14-20(23)22(5)19-10-6-9-18(4)21-19/h6,9-10,16-17H,7-8,11-15H2,1-5H3. The number of rotatable bonds is 12. The summed E-state index contributed by atoms with van der Waals surface area (Å²) >= 11 is 0. The van der Waals surface area contributed by atoms with Crippen LogP contribution in [0.4, 0.5) is 5.82 Å². The van der Waals surface area contributed by atoms with Gasteiger partial charge in [0.15, 0.2) is 0 Å². The van der Waals surface area contributed by atoms with Crippen molar-refractivity contribution in [1.82, 2.24) is 4.98 Å². The van der Waals surface area contributed by atoms with Gasteiger partial charge in [-0.25, -0.2) is 4.98 Å². The van der Waals surface area contributed by atoms with Crippen LogP contribution in [0.25, 0.3) is 0 Å². The molecule has 0 saturated carbocycles. The molecule has 0 aliphatic heterocycles. The molecule has 0 bridgehead atoms. The largest absolute Gasteiger partial charge is 0.379 e. The fourth-order valence-corrected chi connectivity index (χ4v) is 2.45. The van der Waals surface area contributed by atoms with Crippen LogP contribution in [-0.4, -0.2) is 44.4 Å². The van der Waals surface area contributed by atoms with E-state index in [9.17, 15) is 4.79 Å². The quantitative estimate of drug-likeness (QED) is 0.537. The Hall–Kier alpha value is -1.46. The number of hydrogen-bond donors (Lipinski definition) is 0. The lowest BCUT2D eigenvalue weighted by atomic mass is 10.0. The topological polar surface area (TPSA) is 51.7 Å². The third-order valence-corrected chi connectivity index (χ3v) is 3.92. The molecule has 142 valence electrons. The van der Waals surface area contributed by atoms with E-state index in [1.54, 1.807) is 11.9 Å². The lowest BCUT2D eigenvalue weighted by Gasteiger charge is -2.19. The SMILES string of the molecule is Cc1cccc(N(C)C(=O)CC(C)CCCOCCOCC(C)C)n1. The van der Waals surface area contributed by atoms with E-state index in [0.717, 1.165) is 31.7 Å². The number of pyridine rings is 1. The zero-order valence-electron chi connectivity index (χ0n) is 16.5. The molecule has 1 atom stereocenters. The minimum absolute atomic E-state index is 0.105. The monoisotopic (exact) mass is 350 g/mol. The van der Waals surface area contributed by atoms with E-state index in [0.29, 0.717) is 37.3 Å². The molecule has 0 aliphatic carbocycles. The molecule has 0 aliphatic rings. The highest BCUT2D eigenvalue weighted by molar-refractivity contribution is 5.91. The molecule has 0 fully saturated rings. The van der Waals surface area contributed by atoms with Crippen LogP contribution in [0.1, 0.15) is 45.7 Å². The van der Waals surface area contributed by atoms with Crippen molar-refractivity contribution in [2.45, 2.75) is 47.0 Å². The molecule has 5 nitrogen and oxygen atoms in total. The predicted molar refractivity (Wildman–Crippen MR) is 102 cm³/mol. The Labute approximate surface area is 152 Å². The highest BCUT2D eigenvalue weighted by atomic mass is 16.5. The van der Waals surface area contributed by atoms with Gasteiger partial charge in [0.2, 0.25) is 5.91 Å². The van der Waals surface area contributed by atoms with Crippen molar-refractivity contribution in [3.63, 3.8) is 0 Å². The third kappa shape index (κ3) is 9.56. The van der Waals surface area contributed by atoms with Gasteiger partial charge in [-0.1, -0.05) is 26.8 Å². The molecule has 1 unspecified atom stereocenters. The number of ether oxygens (including phenoxy) is 2. The lowest BCUT2D eigenvalue weighted by molar-refractivity contribution is -0.119. The van der Waals surface area contributed by atoms with Gasteiger partial charge in [-0.05, 0) is 43.7 Å². The van der Waals surface area contributed by atoms with Crippen LogP contribution in [0, 0.1) is 18.8 Å². The summed E-state index contributed by atoms with van der Waals surface area (Å²) in [6.45, 7) is 11.1. The van der Waals surface area contributed by atoms with Gasteiger partial charge < -0.3 is 9.47 Å². The van der Waals surface area contributed by atoms with Crippen LogP contribution in [-0.2, 0) is 14.3 Å². The summed E-state index contributed by atoms with van der Waals surface area (Å²) in [7, 11) is 1.79. The van der Waals surface area contributed by atoms with E-state index in [4.69, 9.17) is 9.47 Å². The van der Waals surface area contributed by atoms with Gasteiger partial charge in [-0.3, -0.25) is 9.69 Å². The zero-order chi connectivity index (χ0) is 18.7. The first-order valence-corrected chi connectivity index (χ1v) is 9.25. The maximum Gasteiger partial charge on any atom is 0.228 e. The number of aryl methyl sites for hydroxylation is 1. The Bertz CT molecular complexity index is 505. The first kappa shape index (κ1) is 21.6. The van der Waals surface area contributed by atoms with Gasteiger partial charge in [0.1, 0.15) is 5.82 Å². The number of amides is 1. The summed E-state index contributed by atoms with van der Waals surface area (Å²) in [5.74, 6) is 1.71. The Morgan fingerprint density at radius 2 is 1.88 bits per heavy atom. The second-order valence-electron chi connectivity index (χ2n) is 7.12. The van der Waals surface area contributed by atoms with Crippen molar-refractivity contribution >= 4 is 11.7 Å². The first-order valence-electron chi connectivity index (χ1n) is 9.25. The average molecular weight is 351 g/mol. The van der Waals surface area contributed by atoms with Crippen LogP contribution in [0.3, 0.4) is 0 Å². The van der Waals surface area contributed by atoms with Crippen molar-refractivity contribution in [2.24, 2.45) is 11.8 Å². The fraction of sp³-hybridized carbons (Fsp3) is 0.700. The van der Waals surface area contributed by atoms with Crippen molar-refractivity contribution in [1.29, 1.82) is 0 Å². The number of carbonyl (C=O) groups is 1. The number of carbonyl (C=O) groups excluding carboxylic acids is 1. The van der Waals surface area contributed by atoms with Gasteiger partial charge in [0.05, 0.1) is 13.2 Å². The van der Waals surface area contributed by atoms with Crippen LogP contribution in [0.15, 0.2) is 18.2 Å². The molecule has 25 heavy (non-hydrogen) atoms. The summed E-state index contributed by atoms with van der Waals surface area (Å²) < 4.78 is 11.0. The minimum atomic E-state index is 0.105. The Morgan fingerprint density at radius 3 is 2.56 bits per heavy atom. The van der Waals surface area contributed by atoms with Crippen LogP contribution >= 0.6 is 0 Å². The third-order valence-electron chi connectivity index (χ3n) is 3.92. The lowest BCUT2D eigenvalue weighted by Crippen LogP contribution is -2.28. The van der Waals surface area contributed by atoms with E-state index >= 15 is 0 Å². The molecule has 1 heterocycles. The van der Waals surface area contributed by atoms with Crippen molar-refractivity contribution in [3.05, 3.63) is 23.9 Å². The molecule has 1 amide bonds. The van der Waals surface area contributed by atoms with E-state index in [1.165, 1.54) is 0 Å². The summed E-state index contributed by atoms with van der Waals surface area (Å²) in [4.78, 5) is 18.4. The Morgan fingerprint density at radius 1 is 1.16 bits per heavy atom. The number of nitrogens with zero attached hydrogens (tertiary/aromatic N) is 2. The van der Waals surface area contributed by atoms with Crippen molar-refractivity contribution in [3.8, 4) is 0 Å². The van der Waals surface area contributed by atoms with Crippen molar-refractivity contribution in [2.75, 3.05) is 38.4 Å². The predicted octanol–water partition coefficient (Wildman–Crippen LogP) is 3.85. The molecule has 0 radical (unpaired) electrons. The molecular weight excluding hydrogens is 316 g/mol. The van der Waals surface area contributed by atoms with Gasteiger partial charge >= 0.3 is 0 Å². The summed E-state index contributed by atoms with van der Waals surface area (Å²) in [6, 6.07) is 5.72. The highest BCUT2D eigenvalue weighted by Crippen LogP contribution is 2.16. The van der Waals surface area contributed by atoms with Crippen LogP contribution in [0.5, 0.6) is 0 Å². The first-order chi connectivity index (χ1) is 11.9. The fourth-order valence-electron chi connectivity index (χ4n) is 2.45. The van der Waals surface area contributed by atoms with Crippen LogP contribution < -0.4 is 4.90 Å². The maximum absolute atomic E-state index is 12.4. The van der Waals surface area contributed by atoms with E-state index in [1.807, 2.05) is 25.1 Å². The zero-order valence-corrected chi connectivity index (χ0v) is 16.5. The molecular formula is C20H34N2O3. The summed E-state index contributed by atoms with van der Waals surface area (Å²) in [5.41, 5.74) is 0.916. The average Bonchev–Trinajstić information content (AvgIpc) is 2.56. The smallest absolute Gasteiger partial charge is 0.228 e. The molecule has 0 spiro atoms. The molecule has 0 aromatic carbocycles. The molecule has 5 heteroatoms. The highest BCUT2D eigenvalue weighted by Gasteiger charge is 2.15. The molecule has 1 rings (SSSR count). The normalized spacial score (nSPS) is 12.4. The number of hydrogen-bond acceptors (Lipinski definition) is 4. The number of aromatic nitrogens is 1. The van der Waals surface area contributed by atoms with Gasteiger partial charge in [-0.15, -0.1) is 0 Å². The summed E-state index contributed by atoms with van der Waals surface area (Å²) in [5, 5.41) is 0. The van der Waals surface area contributed by atoms with Crippen LogP contribution in [0.2, 0.25) is 0 Å². The summed E-state index contributed by atoms with van der Waals surface area (Å²) in [6.07, 6.45) is 2.47. The second kappa shape index (κ2) is 12.0. The number of anilines is 1. The Balaban J connectivity index is 2.15. The molecule has 0 saturated heterocycles. The minimum Gasteiger partial charge on any atom is -0.379 e. The molecule has 1 aromatic heterocycles. The van der Waals surface area contributed by atoms with E-state index in [-0.39, 0.29) is 5.91 Å². The Kier molecular flexibility index (Phi) is 10.3. The second-order valence-corrected chi connectivity index (χ2v) is 7.12. The van der Waals surface area contributed by atoms with Crippen molar-refractivity contribution < 1.29 is 14.3 Å². The molecule has 1 aromatic rings. The van der Waals surface area contributed by atoms with Gasteiger partial charge in [0.25, 0.3) is 0 Å². The van der Waals surface area contributed by atoms with Gasteiger partial charge in [0, 0.05) is 32.4 Å². The van der Waals surface area contributed by atoms with Gasteiger partial charge in [-0.2, -0.15) is 0 Å².